The molecular formula is C16H27ClN4. The summed E-state index contributed by atoms with van der Waals surface area (Å²) in [6.07, 6.45) is 8.44. The van der Waals surface area contributed by atoms with Crippen molar-refractivity contribution in [3.05, 3.63) is 16.9 Å². The second-order valence-corrected chi connectivity index (χ2v) is 7.29. The van der Waals surface area contributed by atoms with Crippen molar-refractivity contribution in [2.45, 2.75) is 50.6 Å². The molecule has 2 fully saturated rings. The number of hydrogen-bond acceptors (Lipinski definition) is 3. The Morgan fingerprint density at radius 3 is 2.86 bits per heavy atom. The van der Waals surface area contributed by atoms with Gasteiger partial charge in [0.2, 0.25) is 0 Å². The zero-order valence-corrected chi connectivity index (χ0v) is 13.9. The number of nitrogens with one attached hydrogen (secondary N) is 1. The van der Waals surface area contributed by atoms with Gasteiger partial charge < -0.3 is 10.2 Å². The number of aromatic nitrogens is 2. The van der Waals surface area contributed by atoms with E-state index in [9.17, 15) is 0 Å². The zero-order chi connectivity index (χ0) is 14.8. The highest BCUT2D eigenvalue weighted by molar-refractivity contribution is 6.31. The summed E-state index contributed by atoms with van der Waals surface area (Å²) in [5, 5.41) is 9.07. The van der Waals surface area contributed by atoms with Crippen LogP contribution in [0.15, 0.2) is 6.20 Å². The van der Waals surface area contributed by atoms with Crippen LogP contribution < -0.4 is 5.32 Å². The van der Waals surface area contributed by atoms with Crippen molar-refractivity contribution < 1.29 is 0 Å². The summed E-state index contributed by atoms with van der Waals surface area (Å²) in [7, 11) is 4.20. The largest absolute Gasteiger partial charge is 0.314 e. The van der Waals surface area contributed by atoms with Crippen LogP contribution in [0.2, 0.25) is 5.02 Å². The molecule has 0 saturated heterocycles. The van der Waals surface area contributed by atoms with Gasteiger partial charge in [-0.15, -0.1) is 0 Å². The fourth-order valence-electron chi connectivity index (χ4n) is 3.46. The Bertz CT molecular complexity index is 467. The summed E-state index contributed by atoms with van der Waals surface area (Å²) < 4.78 is 2.14. The van der Waals surface area contributed by atoms with Gasteiger partial charge in [-0.1, -0.05) is 18.0 Å². The highest BCUT2D eigenvalue weighted by Gasteiger charge is 2.33. The first-order chi connectivity index (χ1) is 10.1. The van der Waals surface area contributed by atoms with E-state index in [4.69, 9.17) is 11.6 Å². The van der Waals surface area contributed by atoms with Crippen molar-refractivity contribution in [1.29, 1.82) is 0 Å². The normalized spacial score (nSPS) is 25.9. The van der Waals surface area contributed by atoms with Crippen LogP contribution in [0.5, 0.6) is 0 Å². The van der Waals surface area contributed by atoms with Gasteiger partial charge in [0.1, 0.15) is 0 Å². The van der Waals surface area contributed by atoms with Crippen molar-refractivity contribution in [3.8, 4) is 0 Å². The lowest BCUT2D eigenvalue weighted by molar-refractivity contribution is 0.357. The Hall–Kier alpha value is -0.580. The number of nitrogens with zero attached hydrogens (tertiary/aromatic N) is 3. The second kappa shape index (κ2) is 6.67. The molecule has 1 N–H and O–H groups in total. The molecule has 2 unspecified atom stereocenters. The molecule has 0 aliphatic heterocycles. The third-order valence-electron chi connectivity index (χ3n) is 4.85. The fraction of sp³-hybridized carbons (Fsp3) is 0.812. The molecule has 118 valence electrons. The van der Waals surface area contributed by atoms with Crippen LogP contribution in [0.3, 0.4) is 0 Å². The van der Waals surface area contributed by atoms with Gasteiger partial charge in [-0.05, 0) is 52.2 Å². The van der Waals surface area contributed by atoms with Crippen LogP contribution >= 0.6 is 11.6 Å². The molecule has 2 aliphatic carbocycles. The Morgan fingerprint density at radius 2 is 2.14 bits per heavy atom. The predicted octanol–water partition coefficient (Wildman–Crippen LogP) is 2.73. The third-order valence-corrected chi connectivity index (χ3v) is 5.14. The minimum absolute atomic E-state index is 0.577. The lowest BCUT2D eigenvalue weighted by Gasteiger charge is -2.22. The molecule has 1 heterocycles. The predicted molar refractivity (Wildman–Crippen MR) is 86.9 cm³/mol. The molecule has 0 bridgehead atoms. The van der Waals surface area contributed by atoms with Gasteiger partial charge in [0.15, 0.2) is 0 Å². The van der Waals surface area contributed by atoms with Crippen LogP contribution in [0.25, 0.3) is 0 Å². The first kappa shape index (κ1) is 15.3. The van der Waals surface area contributed by atoms with E-state index in [1.165, 1.54) is 37.8 Å². The van der Waals surface area contributed by atoms with Gasteiger partial charge in [0.25, 0.3) is 0 Å². The van der Waals surface area contributed by atoms with Crippen LogP contribution in [-0.2, 0) is 6.54 Å². The smallest absolute Gasteiger partial charge is 0.0820 e. The molecule has 0 radical (unpaired) electrons. The second-order valence-electron chi connectivity index (χ2n) is 6.88. The Labute approximate surface area is 132 Å². The molecule has 0 amide bonds. The van der Waals surface area contributed by atoms with Gasteiger partial charge in [0.05, 0.1) is 23.5 Å². The molecule has 1 aromatic heterocycles. The minimum atomic E-state index is 0.577. The number of rotatable bonds is 7. The average Bonchev–Trinajstić information content (AvgIpc) is 3.05. The van der Waals surface area contributed by atoms with E-state index < -0.39 is 0 Å². The lowest BCUT2D eigenvalue weighted by Crippen LogP contribution is -2.28. The van der Waals surface area contributed by atoms with Crippen molar-refractivity contribution >= 4 is 11.6 Å². The van der Waals surface area contributed by atoms with Crippen molar-refractivity contribution in [2.75, 3.05) is 27.2 Å². The van der Waals surface area contributed by atoms with Crippen molar-refractivity contribution in [2.24, 2.45) is 5.92 Å². The molecule has 5 heteroatoms. The van der Waals surface area contributed by atoms with Crippen LogP contribution in [0, 0.1) is 5.92 Å². The Morgan fingerprint density at radius 1 is 1.33 bits per heavy atom. The van der Waals surface area contributed by atoms with Gasteiger partial charge in [-0.3, -0.25) is 4.68 Å². The summed E-state index contributed by atoms with van der Waals surface area (Å²) in [4.78, 5) is 2.19. The molecular weight excluding hydrogens is 284 g/mol. The van der Waals surface area contributed by atoms with Crippen molar-refractivity contribution in [3.63, 3.8) is 0 Å². The summed E-state index contributed by atoms with van der Waals surface area (Å²) in [5.74, 6) is 1.30. The summed E-state index contributed by atoms with van der Waals surface area (Å²) in [5.41, 5.74) is 1.28. The van der Waals surface area contributed by atoms with Crippen LogP contribution in [-0.4, -0.2) is 47.9 Å². The van der Waals surface area contributed by atoms with E-state index in [1.807, 2.05) is 6.20 Å². The molecule has 21 heavy (non-hydrogen) atoms. The topological polar surface area (TPSA) is 33.1 Å². The summed E-state index contributed by atoms with van der Waals surface area (Å²) in [6, 6.07) is 0.792. The molecule has 4 nitrogen and oxygen atoms in total. The standard InChI is InChI=1S/C16H27ClN4/c1-20(2)8-9-21-16(15(17)11-19-21)14-5-3-4-12(14)10-18-13-6-7-13/h11-14,18H,3-10H2,1-2H3. The SMILES string of the molecule is CN(C)CCn1ncc(Cl)c1C1CCCC1CNC1CC1. The average molecular weight is 311 g/mol. The maximum Gasteiger partial charge on any atom is 0.0820 e. The summed E-state index contributed by atoms with van der Waals surface area (Å²) >= 11 is 6.46. The molecule has 1 aromatic rings. The highest BCUT2D eigenvalue weighted by atomic mass is 35.5. The van der Waals surface area contributed by atoms with Crippen LogP contribution in [0.4, 0.5) is 0 Å². The quantitative estimate of drug-likeness (QED) is 0.840. The molecule has 0 aromatic carbocycles. The number of halogens is 1. The maximum atomic E-state index is 6.46. The van der Waals surface area contributed by atoms with Gasteiger partial charge in [-0.25, -0.2) is 0 Å². The Kier molecular flexibility index (Phi) is 4.87. The lowest BCUT2D eigenvalue weighted by atomic mass is 9.92. The molecule has 0 spiro atoms. The van der Waals surface area contributed by atoms with E-state index in [0.29, 0.717) is 5.92 Å². The van der Waals surface area contributed by atoms with Gasteiger partial charge in [0, 0.05) is 18.5 Å². The monoisotopic (exact) mass is 310 g/mol. The molecule has 2 aliphatic rings. The van der Waals surface area contributed by atoms with E-state index >= 15 is 0 Å². The highest BCUT2D eigenvalue weighted by Crippen LogP contribution is 2.42. The number of likely N-dealkylation sites (N-methyl/N-ethyl adjacent to an activating group) is 1. The van der Waals surface area contributed by atoms with Gasteiger partial charge in [-0.2, -0.15) is 5.10 Å². The fourth-order valence-corrected chi connectivity index (χ4v) is 3.74. The van der Waals surface area contributed by atoms with Crippen molar-refractivity contribution in [1.82, 2.24) is 20.0 Å². The molecule has 3 rings (SSSR count). The van der Waals surface area contributed by atoms with Crippen LogP contribution in [0.1, 0.15) is 43.7 Å². The first-order valence-electron chi connectivity index (χ1n) is 8.24. The summed E-state index contributed by atoms with van der Waals surface area (Å²) in [6.45, 7) is 3.07. The Balaban J connectivity index is 1.69. The zero-order valence-electron chi connectivity index (χ0n) is 13.2. The first-order valence-corrected chi connectivity index (χ1v) is 8.62. The van der Waals surface area contributed by atoms with E-state index in [-0.39, 0.29) is 0 Å². The van der Waals surface area contributed by atoms with E-state index in [1.54, 1.807) is 0 Å². The minimum Gasteiger partial charge on any atom is -0.314 e. The van der Waals surface area contributed by atoms with E-state index in [0.717, 1.165) is 36.6 Å². The maximum absolute atomic E-state index is 6.46. The molecule has 2 atom stereocenters. The van der Waals surface area contributed by atoms with Gasteiger partial charge >= 0.3 is 0 Å². The third kappa shape index (κ3) is 3.79. The number of hydrogen-bond donors (Lipinski definition) is 1. The van der Waals surface area contributed by atoms with E-state index in [2.05, 4.69) is 34.1 Å². The molecule has 2 saturated carbocycles.